The van der Waals surface area contributed by atoms with Crippen molar-refractivity contribution in [1.29, 1.82) is 0 Å². The lowest BCUT2D eigenvalue weighted by molar-refractivity contribution is 0.0730. The van der Waals surface area contributed by atoms with Crippen LogP contribution in [-0.2, 0) is 14.8 Å². The van der Waals surface area contributed by atoms with Crippen LogP contribution in [0.5, 0.6) is 0 Å². The third kappa shape index (κ3) is 2.11. The van der Waals surface area contributed by atoms with Gasteiger partial charge in [-0.3, -0.25) is 0 Å². The molecule has 0 bridgehead atoms. The molecule has 0 radical (unpaired) electrons. The molecule has 0 saturated carbocycles. The number of benzene rings is 1. The van der Waals surface area contributed by atoms with Gasteiger partial charge in [-0.25, -0.2) is 8.42 Å². The minimum atomic E-state index is -3.34. The summed E-state index contributed by atoms with van der Waals surface area (Å²) in [4.78, 5) is 0.400. The van der Waals surface area contributed by atoms with E-state index >= 15 is 0 Å². The van der Waals surface area contributed by atoms with Gasteiger partial charge in [-0.15, -0.1) is 0 Å². The highest BCUT2D eigenvalue weighted by molar-refractivity contribution is 7.89. The van der Waals surface area contributed by atoms with Gasteiger partial charge in [0.05, 0.1) is 18.1 Å². The second kappa shape index (κ2) is 4.53. The molecule has 1 aliphatic heterocycles. The monoisotopic (exact) mass is 241 g/mol. The molecule has 1 heterocycles. The fourth-order valence-corrected chi connectivity index (χ4v) is 3.41. The van der Waals surface area contributed by atoms with Crippen LogP contribution in [0.3, 0.4) is 0 Å². The third-order valence-corrected chi connectivity index (χ3v) is 4.74. The summed E-state index contributed by atoms with van der Waals surface area (Å²) < 4.78 is 31.2. The molecule has 0 aromatic heterocycles. The van der Waals surface area contributed by atoms with E-state index in [1.807, 2.05) is 19.1 Å². The van der Waals surface area contributed by atoms with Crippen LogP contribution in [-0.4, -0.2) is 39.0 Å². The van der Waals surface area contributed by atoms with Crippen LogP contribution in [0.15, 0.2) is 29.2 Å². The zero-order chi connectivity index (χ0) is 11.6. The van der Waals surface area contributed by atoms with Gasteiger partial charge in [0, 0.05) is 13.1 Å². The number of hydrogen-bond acceptors (Lipinski definition) is 3. The Morgan fingerprint density at radius 3 is 2.44 bits per heavy atom. The lowest BCUT2D eigenvalue weighted by atomic mass is 10.2. The number of ether oxygens (including phenoxy) is 1. The van der Waals surface area contributed by atoms with Crippen molar-refractivity contribution in [1.82, 2.24) is 4.31 Å². The summed E-state index contributed by atoms with van der Waals surface area (Å²) in [5.74, 6) is 0. The lowest BCUT2D eigenvalue weighted by Crippen LogP contribution is -2.40. The molecular formula is C11H15NO3S. The van der Waals surface area contributed by atoms with Crippen LogP contribution in [0.1, 0.15) is 5.56 Å². The van der Waals surface area contributed by atoms with Gasteiger partial charge in [0.25, 0.3) is 0 Å². The van der Waals surface area contributed by atoms with Crippen LogP contribution in [0, 0.1) is 6.92 Å². The minimum absolute atomic E-state index is 0.400. The van der Waals surface area contributed by atoms with E-state index in [-0.39, 0.29) is 0 Å². The third-order valence-electron chi connectivity index (χ3n) is 2.68. The zero-order valence-corrected chi connectivity index (χ0v) is 10.0. The van der Waals surface area contributed by atoms with Crippen LogP contribution in [0.2, 0.25) is 0 Å². The van der Waals surface area contributed by atoms with Crippen molar-refractivity contribution in [2.45, 2.75) is 11.8 Å². The Balaban J connectivity index is 2.35. The molecule has 0 spiro atoms. The molecule has 1 aliphatic rings. The molecule has 1 aromatic rings. The molecule has 1 fully saturated rings. The molecule has 4 nitrogen and oxygen atoms in total. The SMILES string of the molecule is Cc1ccccc1S(=O)(=O)N1CCOCC1. The summed E-state index contributed by atoms with van der Waals surface area (Å²) in [6.07, 6.45) is 0. The van der Waals surface area contributed by atoms with Crippen LogP contribution in [0.25, 0.3) is 0 Å². The second-order valence-electron chi connectivity index (χ2n) is 3.78. The van der Waals surface area contributed by atoms with Gasteiger partial charge < -0.3 is 4.74 Å². The van der Waals surface area contributed by atoms with Crippen molar-refractivity contribution in [3.8, 4) is 0 Å². The minimum Gasteiger partial charge on any atom is -0.379 e. The highest BCUT2D eigenvalue weighted by atomic mass is 32.2. The Labute approximate surface area is 95.9 Å². The standard InChI is InChI=1S/C11H15NO3S/c1-10-4-2-3-5-11(10)16(13,14)12-6-8-15-9-7-12/h2-5H,6-9H2,1H3. The molecule has 0 atom stereocenters. The summed E-state index contributed by atoms with van der Waals surface area (Å²) in [5, 5.41) is 0. The van der Waals surface area contributed by atoms with Gasteiger partial charge >= 0.3 is 0 Å². The van der Waals surface area contributed by atoms with Crippen molar-refractivity contribution in [2.24, 2.45) is 0 Å². The van der Waals surface area contributed by atoms with Gasteiger partial charge in [-0.2, -0.15) is 4.31 Å². The molecule has 5 heteroatoms. The van der Waals surface area contributed by atoms with E-state index in [4.69, 9.17) is 4.74 Å². The Bertz CT molecular complexity index is 464. The quantitative estimate of drug-likeness (QED) is 0.776. The molecular weight excluding hydrogens is 226 g/mol. The Hall–Kier alpha value is -0.910. The summed E-state index contributed by atoms with van der Waals surface area (Å²) in [6, 6.07) is 7.06. The van der Waals surface area contributed by atoms with Gasteiger partial charge in [-0.05, 0) is 18.6 Å². The molecule has 16 heavy (non-hydrogen) atoms. The first-order chi connectivity index (χ1) is 7.62. The van der Waals surface area contributed by atoms with Gasteiger partial charge in [0.2, 0.25) is 10.0 Å². The van der Waals surface area contributed by atoms with Crippen LogP contribution in [0.4, 0.5) is 0 Å². The highest BCUT2D eigenvalue weighted by Crippen LogP contribution is 2.20. The highest BCUT2D eigenvalue weighted by Gasteiger charge is 2.27. The van der Waals surface area contributed by atoms with Gasteiger partial charge in [0.1, 0.15) is 0 Å². The molecule has 88 valence electrons. The summed E-state index contributed by atoms with van der Waals surface area (Å²) in [7, 11) is -3.34. The van der Waals surface area contributed by atoms with Crippen molar-refractivity contribution in [3.05, 3.63) is 29.8 Å². The van der Waals surface area contributed by atoms with E-state index in [0.29, 0.717) is 31.2 Å². The predicted octanol–water partition coefficient (Wildman–Crippen LogP) is 1.02. The fraction of sp³-hybridized carbons (Fsp3) is 0.455. The first kappa shape index (κ1) is 11.6. The maximum Gasteiger partial charge on any atom is 0.243 e. The molecule has 2 rings (SSSR count). The van der Waals surface area contributed by atoms with Gasteiger partial charge in [0.15, 0.2) is 0 Å². The topological polar surface area (TPSA) is 46.6 Å². The average molecular weight is 241 g/mol. The van der Waals surface area contributed by atoms with Gasteiger partial charge in [-0.1, -0.05) is 18.2 Å². The average Bonchev–Trinajstić information content (AvgIpc) is 2.30. The summed E-state index contributed by atoms with van der Waals surface area (Å²) in [6.45, 7) is 3.65. The molecule has 1 aromatic carbocycles. The van der Waals surface area contributed by atoms with Crippen LogP contribution < -0.4 is 0 Å². The Morgan fingerprint density at radius 2 is 1.81 bits per heavy atom. The Morgan fingerprint density at radius 1 is 1.19 bits per heavy atom. The summed E-state index contributed by atoms with van der Waals surface area (Å²) in [5.41, 5.74) is 0.786. The van der Waals surface area contributed by atoms with Crippen LogP contribution >= 0.6 is 0 Å². The number of rotatable bonds is 2. The second-order valence-corrected chi connectivity index (χ2v) is 5.69. The smallest absolute Gasteiger partial charge is 0.243 e. The number of sulfonamides is 1. The van der Waals surface area contributed by atoms with Crippen molar-refractivity contribution in [2.75, 3.05) is 26.3 Å². The molecule has 0 aliphatic carbocycles. The summed E-state index contributed by atoms with van der Waals surface area (Å²) >= 11 is 0. The van der Waals surface area contributed by atoms with Crippen molar-refractivity contribution >= 4 is 10.0 Å². The predicted molar refractivity (Wildman–Crippen MR) is 60.8 cm³/mol. The molecule has 0 N–H and O–H groups in total. The molecule has 0 amide bonds. The number of hydrogen-bond donors (Lipinski definition) is 0. The largest absolute Gasteiger partial charge is 0.379 e. The van der Waals surface area contributed by atoms with E-state index < -0.39 is 10.0 Å². The molecule has 1 saturated heterocycles. The number of nitrogens with zero attached hydrogens (tertiary/aromatic N) is 1. The Kier molecular flexibility index (Phi) is 3.28. The normalized spacial score (nSPS) is 18.6. The van der Waals surface area contributed by atoms with E-state index in [0.717, 1.165) is 5.56 Å². The number of morpholine rings is 1. The maximum absolute atomic E-state index is 12.3. The van der Waals surface area contributed by atoms with Crippen molar-refractivity contribution < 1.29 is 13.2 Å². The fourth-order valence-electron chi connectivity index (χ4n) is 1.77. The first-order valence-electron chi connectivity index (χ1n) is 5.26. The van der Waals surface area contributed by atoms with E-state index in [1.54, 1.807) is 12.1 Å². The van der Waals surface area contributed by atoms with E-state index in [9.17, 15) is 8.42 Å². The molecule has 0 unspecified atom stereocenters. The lowest BCUT2D eigenvalue weighted by Gasteiger charge is -2.26. The van der Waals surface area contributed by atoms with E-state index in [2.05, 4.69) is 0 Å². The first-order valence-corrected chi connectivity index (χ1v) is 6.70. The maximum atomic E-state index is 12.3. The van der Waals surface area contributed by atoms with E-state index in [1.165, 1.54) is 4.31 Å². The van der Waals surface area contributed by atoms with Crippen molar-refractivity contribution in [3.63, 3.8) is 0 Å². The zero-order valence-electron chi connectivity index (χ0n) is 9.22. The number of aryl methyl sites for hydroxylation is 1.